The van der Waals surface area contributed by atoms with Crippen LogP contribution in [0.3, 0.4) is 0 Å². The van der Waals surface area contributed by atoms with Crippen LogP contribution in [0.15, 0.2) is 57.5 Å². The van der Waals surface area contributed by atoms with Gasteiger partial charge in [-0.15, -0.1) is 0 Å². The van der Waals surface area contributed by atoms with Gasteiger partial charge in [0.15, 0.2) is 5.84 Å². The fourth-order valence-electron chi connectivity index (χ4n) is 1.95. The van der Waals surface area contributed by atoms with Gasteiger partial charge in [0.25, 0.3) is 0 Å². The van der Waals surface area contributed by atoms with Crippen molar-refractivity contribution in [3.63, 3.8) is 0 Å². The molecule has 6 N–H and O–H groups in total. The molecule has 1 aromatic carbocycles. The van der Waals surface area contributed by atoms with E-state index in [1.165, 1.54) is 12.5 Å². The molecule has 0 bridgehead atoms. The highest BCUT2D eigenvalue weighted by atomic mass is 15.1. The average Bonchev–Trinajstić information content (AvgIpc) is 2.51. The van der Waals surface area contributed by atoms with Gasteiger partial charge in [0.2, 0.25) is 0 Å². The number of amidine groups is 1. The fourth-order valence-corrected chi connectivity index (χ4v) is 1.95. The number of nitrogens with zero attached hydrogens (tertiary/aromatic N) is 3. The Morgan fingerprint density at radius 1 is 1.41 bits per heavy atom. The van der Waals surface area contributed by atoms with Crippen molar-refractivity contribution in [2.45, 2.75) is 6.92 Å². The Kier molecular flexibility index (Phi) is 4.57. The SMILES string of the molecule is C=C/N=C1/C(NC)=NC=N/C1=C(/N)Nc1cc(N)ccc1C. The van der Waals surface area contributed by atoms with Crippen molar-refractivity contribution in [1.29, 1.82) is 0 Å². The van der Waals surface area contributed by atoms with Crippen molar-refractivity contribution in [3.8, 4) is 0 Å². The highest BCUT2D eigenvalue weighted by Gasteiger charge is 2.19. The van der Waals surface area contributed by atoms with Gasteiger partial charge >= 0.3 is 0 Å². The number of nitrogens with one attached hydrogen (secondary N) is 2. The molecule has 1 aliphatic rings. The Morgan fingerprint density at radius 3 is 2.86 bits per heavy atom. The molecule has 0 aromatic heterocycles. The Bertz CT molecular complexity index is 711. The summed E-state index contributed by atoms with van der Waals surface area (Å²) < 4.78 is 0. The smallest absolute Gasteiger partial charge is 0.155 e. The minimum Gasteiger partial charge on any atom is -0.399 e. The van der Waals surface area contributed by atoms with Gasteiger partial charge in [-0.05, 0) is 24.6 Å². The first-order valence-corrected chi connectivity index (χ1v) is 6.67. The summed E-state index contributed by atoms with van der Waals surface area (Å²) >= 11 is 0. The second-order valence-corrected chi connectivity index (χ2v) is 4.59. The van der Waals surface area contributed by atoms with Gasteiger partial charge in [0.1, 0.15) is 23.6 Å². The number of aryl methyl sites for hydroxylation is 1. The van der Waals surface area contributed by atoms with Crippen LogP contribution >= 0.6 is 0 Å². The van der Waals surface area contributed by atoms with E-state index in [0.29, 0.717) is 28.8 Å². The van der Waals surface area contributed by atoms with Gasteiger partial charge in [0, 0.05) is 24.6 Å². The normalized spacial score (nSPS) is 17.9. The lowest BCUT2D eigenvalue weighted by atomic mass is 10.1. The molecular formula is C15H19N7. The second kappa shape index (κ2) is 6.57. The summed E-state index contributed by atoms with van der Waals surface area (Å²) in [5.74, 6) is 0.923. The van der Waals surface area contributed by atoms with Crippen LogP contribution in [0.25, 0.3) is 0 Å². The highest BCUT2D eigenvalue weighted by Crippen LogP contribution is 2.20. The maximum absolute atomic E-state index is 6.15. The maximum Gasteiger partial charge on any atom is 0.155 e. The van der Waals surface area contributed by atoms with E-state index in [9.17, 15) is 0 Å². The Hall–Kier alpha value is -3.09. The summed E-state index contributed by atoms with van der Waals surface area (Å²) in [5.41, 5.74) is 15.4. The first-order chi connectivity index (χ1) is 10.6. The van der Waals surface area contributed by atoms with Crippen molar-refractivity contribution in [2.24, 2.45) is 20.7 Å². The first-order valence-electron chi connectivity index (χ1n) is 6.67. The zero-order valence-corrected chi connectivity index (χ0v) is 12.6. The predicted molar refractivity (Wildman–Crippen MR) is 93.0 cm³/mol. The number of anilines is 2. The van der Waals surface area contributed by atoms with Gasteiger partial charge in [-0.1, -0.05) is 12.6 Å². The molecule has 0 spiro atoms. The Morgan fingerprint density at radius 2 is 2.18 bits per heavy atom. The molecule has 0 saturated heterocycles. The lowest BCUT2D eigenvalue weighted by molar-refractivity contribution is 1.16. The summed E-state index contributed by atoms with van der Waals surface area (Å²) in [7, 11) is 1.75. The summed E-state index contributed by atoms with van der Waals surface area (Å²) in [5, 5.41) is 6.07. The number of hydrogen-bond acceptors (Lipinski definition) is 7. The number of rotatable bonds is 3. The monoisotopic (exact) mass is 297 g/mol. The maximum atomic E-state index is 6.15. The molecule has 1 aliphatic heterocycles. The summed E-state index contributed by atoms with van der Waals surface area (Å²) in [6.07, 6.45) is 2.84. The van der Waals surface area contributed by atoms with Gasteiger partial charge in [-0.25, -0.2) is 9.98 Å². The predicted octanol–water partition coefficient (Wildman–Crippen LogP) is 1.36. The van der Waals surface area contributed by atoms with E-state index in [1.807, 2.05) is 25.1 Å². The third-order valence-electron chi connectivity index (χ3n) is 3.07. The lowest BCUT2D eigenvalue weighted by Crippen LogP contribution is -2.33. The van der Waals surface area contributed by atoms with E-state index in [0.717, 1.165) is 11.3 Å². The van der Waals surface area contributed by atoms with Crippen molar-refractivity contribution in [1.82, 2.24) is 5.32 Å². The fraction of sp³-hybridized carbons (Fsp3) is 0.133. The molecule has 0 saturated carbocycles. The van der Waals surface area contributed by atoms with Crippen LogP contribution in [0, 0.1) is 6.92 Å². The van der Waals surface area contributed by atoms with E-state index in [-0.39, 0.29) is 0 Å². The van der Waals surface area contributed by atoms with Crippen LogP contribution in [0.2, 0.25) is 0 Å². The number of aliphatic imine (C=N–C) groups is 3. The van der Waals surface area contributed by atoms with E-state index in [2.05, 4.69) is 32.2 Å². The van der Waals surface area contributed by atoms with Crippen LogP contribution in [0.4, 0.5) is 11.4 Å². The van der Waals surface area contributed by atoms with Crippen LogP contribution < -0.4 is 22.1 Å². The molecule has 22 heavy (non-hydrogen) atoms. The van der Waals surface area contributed by atoms with Crippen molar-refractivity contribution in [2.75, 3.05) is 18.1 Å². The van der Waals surface area contributed by atoms with Gasteiger partial charge in [0.05, 0.1) is 0 Å². The van der Waals surface area contributed by atoms with Crippen LogP contribution in [-0.4, -0.2) is 24.9 Å². The lowest BCUT2D eigenvalue weighted by Gasteiger charge is -2.17. The Balaban J connectivity index is 2.42. The van der Waals surface area contributed by atoms with E-state index in [4.69, 9.17) is 11.5 Å². The topological polar surface area (TPSA) is 113 Å². The average molecular weight is 297 g/mol. The summed E-state index contributed by atoms with van der Waals surface area (Å²) in [6.45, 7) is 5.57. The van der Waals surface area contributed by atoms with Gasteiger partial charge < -0.3 is 22.1 Å². The molecule has 7 heteroatoms. The van der Waals surface area contributed by atoms with E-state index in [1.54, 1.807) is 7.05 Å². The molecule has 1 heterocycles. The van der Waals surface area contributed by atoms with Crippen molar-refractivity contribution in [3.05, 3.63) is 48.1 Å². The second-order valence-electron chi connectivity index (χ2n) is 4.59. The first kappa shape index (κ1) is 15.3. The zero-order chi connectivity index (χ0) is 16.1. The number of hydrogen-bond donors (Lipinski definition) is 4. The molecule has 0 radical (unpaired) electrons. The van der Waals surface area contributed by atoms with E-state index < -0.39 is 0 Å². The van der Waals surface area contributed by atoms with Crippen LogP contribution in [0.1, 0.15) is 5.56 Å². The van der Waals surface area contributed by atoms with E-state index >= 15 is 0 Å². The third kappa shape index (κ3) is 3.14. The molecule has 114 valence electrons. The molecule has 7 nitrogen and oxygen atoms in total. The van der Waals surface area contributed by atoms with Crippen LogP contribution in [-0.2, 0) is 0 Å². The largest absolute Gasteiger partial charge is 0.399 e. The third-order valence-corrected chi connectivity index (χ3v) is 3.07. The molecular weight excluding hydrogens is 278 g/mol. The minimum absolute atomic E-state index is 0.355. The molecule has 0 atom stereocenters. The minimum atomic E-state index is 0.355. The van der Waals surface area contributed by atoms with Gasteiger partial charge in [-0.2, -0.15) is 0 Å². The van der Waals surface area contributed by atoms with Crippen molar-refractivity contribution < 1.29 is 0 Å². The van der Waals surface area contributed by atoms with Crippen molar-refractivity contribution >= 4 is 29.3 Å². The molecule has 0 aliphatic carbocycles. The number of benzene rings is 1. The van der Waals surface area contributed by atoms with Gasteiger partial charge in [-0.3, -0.25) is 4.99 Å². The molecule has 0 amide bonds. The molecule has 0 unspecified atom stereocenters. The molecule has 0 fully saturated rings. The molecule has 2 rings (SSSR count). The Labute approximate surface area is 129 Å². The summed E-state index contributed by atoms with van der Waals surface area (Å²) in [6, 6.07) is 5.56. The zero-order valence-electron chi connectivity index (χ0n) is 12.6. The number of nitrogens with two attached hydrogens (primary N) is 2. The number of nitrogen functional groups attached to an aromatic ring is 1. The highest BCUT2D eigenvalue weighted by molar-refractivity contribution is 6.49. The quantitative estimate of drug-likeness (QED) is 0.631. The van der Waals surface area contributed by atoms with Crippen LogP contribution in [0.5, 0.6) is 0 Å². The standard InChI is InChI=1S/C15H19N7/c1-4-19-13-12(20-8-21-15(13)18-3)14(17)22-11-7-10(16)6-5-9(11)2/h4-8,22H,1,16-17H2,2-3H3,(H,18,20,21)/b14-12-,19-13+. The molecule has 1 aromatic rings. The summed E-state index contributed by atoms with van der Waals surface area (Å²) in [4.78, 5) is 12.5.